The standard InChI is InChI=1S/C16H18N4O2Se2/c17-9-15(21)19-11-5-1-3-7-13(11)23-24-14-8-4-2-6-12(14)20-16(22)10-18/h1-8H,9-10,17-18H2,(H,19,21)(H,20,22). The molecular formula is C16H18N4O2Se2. The molecule has 0 heterocycles. The Bertz CT molecular complexity index is 663. The third-order valence-corrected chi connectivity index (χ3v) is 10.2. The SMILES string of the molecule is NCC(=O)Nc1ccccc1[Se][Se]c1ccccc1NC(=O)CN. The van der Waals surface area contributed by atoms with Gasteiger partial charge in [-0.25, -0.2) is 0 Å². The van der Waals surface area contributed by atoms with Gasteiger partial charge in [0.2, 0.25) is 0 Å². The fourth-order valence-corrected chi connectivity index (χ4v) is 8.72. The molecule has 2 aromatic carbocycles. The maximum absolute atomic E-state index is 11.5. The number of benzene rings is 2. The Morgan fingerprint density at radius 3 is 1.50 bits per heavy atom. The van der Waals surface area contributed by atoms with Crippen LogP contribution in [-0.2, 0) is 9.59 Å². The van der Waals surface area contributed by atoms with E-state index in [1.165, 1.54) is 0 Å². The summed E-state index contributed by atoms with van der Waals surface area (Å²) >= 11 is 0.296. The van der Waals surface area contributed by atoms with Crippen molar-refractivity contribution in [3.8, 4) is 0 Å². The van der Waals surface area contributed by atoms with E-state index in [4.69, 9.17) is 11.5 Å². The van der Waals surface area contributed by atoms with Gasteiger partial charge < -0.3 is 0 Å². The van der Waals surface area contributed by atoms with E-state index in [2.05, 4.69) is 10.6 Å². The van der Waals surface area contributed by atoms with Crippen molar-refractivity contribution in [1.82, 2.24) is 0 Å². The Kier molecular flexibility index (Phi) is 7.46. The Morgan fingerprint density at radius 2 is 1.12 bits per heavy atom. The van der Waals surface area contributed by atoms with E-state index in [0.717, 1.165) is 20.3 Å². The molecule has 0 fully saturated rings. The molecular weight excluding hydrogens is 438 g/mol. The van der Waals surface area contributed by atoms with Gasteiger partial charge in [0.05, 0.1) is 0 Å². The summed E-state index contributed by atoms with van der Waals surface area (Å²) in [6.07, 6.45) is 0. The van der Waals surface area contributed by atoms with Gasteiger partial charge >= 0.3 is 152 Å². The Labute approximate surface area is 151 Å². The van der Waals surface area contributed by atoms with Crippen LogP contribution in [0.25, 0.3) is 0 Å². The third-order valence-electron chi connectivity index (χ3n) is 2.91. The number of nitrogens with one attached hydrogen (secondary N) is 2. The molecule has 0 aliphatic carbocycles. The van der Waals surface area contributed by atoms with E-state index in [-0.39, 0.29) is 51.2 Å². The maximum atomic E-state index is 11.5. The molecule has 0 spiro atoms. The second-order valence-corrected chi connectivity index (χ2v) is 10.8. The average Bonchev–Trinajstić information content (AvgIpc) is 2.61. The summed E-state index contributed by atoms with van der Waals surface area (Å²) in [5.41, 5.74) is 12.3. The topological polar surface area (TPSA) is 110 Å². The van der Waals surface area contributed by atoms with Gasteiger partial charge in [0.1, 0.15) is 0 Å². The molecule has 0 aromatic heterocycles. The molecule has 8 heteroatoms. The fourth-order valence-electron chi connectivity index (χ4n) is 1.78. The van der Waals surface area contributed by atoms with Gasteiger partial charge in [0, 0.05) is 0 Å². The molecule has 0 saturated heterocycles. The molecule has 2 aromatic rings. The zero-order valence-electron chi connectivity index (χ0n) is 12.8. The summed E-state index contributed by atoms with van der Waals surface area (Å²) in [7, 11) is 0. The third kappa shape index (κ3) is 5.46. The van der Waals surface area contributed by atoms with Gasteiger partial charge in [-0.3, -0.25) is 0 Å². The summed E-state index contributed by atoms with van der Waals surface area (Å²) < 4.78 is 2.21. The Morgan fingerprint density at radius 1 is 0.750 bits per heavy atom. The van der Waals surface area contributed by atoms with Gasteiger partial charge in [-0.2, -0.15) is 0 Å². The minimum absolute atomic E-state index is 0.0412. The molecule has 0 atom stereocenters. The summed E-state index contributed by atoms with van der Waals surface area (Å²) in [5.74, 6) is -0.414. The first kappa shape index (κ1) is 18.7. The predicted molar refractivity (Wildman–Crippen MR) is 99.0 cm³/mol. The van der Waals surface area contributed by atoms with Crippen LogP contribution < -0.4 is 31.0 Å². The van der Waals surface area contributed by atoms with Crippen molar-refractivity contribution >= 4 is 58.4 Å². The number of rotatable bonds is 7. The molecule has 6 N–H and O–H groups in total. The van der Waals surface area contributed by atoms with Crippen molar-refractivity contribution in [1.29, 1.82) is 0 Å². The molecule has 0 bridgehead atoms. The van der Waals surface area contributed by atoms with E-state index in [9.17, 15) is 9.59 Å². The van der Waals surface area contributed by atoms with Crippen LogP contribution in [0.1, 0.15) is 0 Å². The Balaban J connectivity index is 2.11. The van der Waals surface area contributed by atoms with Crippen molar-refractivity contribution in [2.75, 3.05) is 23.7 Å². The second kappa shape index (κ2) is 9.59. The first-order valence-electron chi connectivity index (χ1n) is 7.16. The van der Waals surface area contributed by atoms with Crippen LogP contribution in [0.2, 0.25) is 0 Å². The van der Waals surface area contributed by atoms with Crippen LogP contribution in [-0.4, -0.2) is 51.2 Å². The van der Waals surface area contributed by atoms with Gasteiger partial charge in [0.25, 0.3) is 0 Å². The number of para-hydroxylation sites is 2. The number of hydrogen-bond acceptors (Lipinski definition) is 4. The fraction of sp³-hybridized carbons (Fsp3) is 0.125. The number of amides is 2. The Hall–Kier alpha value is -1.66. The minimum atomic E-state index is -0.207. The van der Waals surface area contributed by atoms with Crippen molar-refractivity contribution in [3.63, 3.8) is 0 Å². The molecule has 0 saturated carbocycles. The van der Waals surface area contributed by atoms with Crippen molar-refractivity contribution in [2.24, 2.45) is 11.5 Å². The summed E-state index contributed by atoms with van der Waals surface area (Å²) in [5, 5.41) is 5.66. The van der Waals surface area contributed by atoms with Gasteiger partial charge in [-0.05, 0) is 0 Å². The molecule has 6 nitrogen and oxygen atoms in total. The van der Waals surface area contributed by atoms with Gasteiger partial charge in [0.15, 0.2) is 0 Å². The molecule has 2 rings (SSSR count). The van der Waals surface area contributed by atoms with E-state index in [0.29, 0.717) is 0 Å². The predicted octanol–water partition coefficient (Wildman–Crippen LogP) is -1.24. The van der Waals surface area contributed by atoms with E-state index in [1.54, 1.807) is 0 Å². The van der Waals surface area contributed by atoms with E-state index < -0.39 is 0 Å². The van der Waals surface area contributed by atoms with Crippen LogP contribution >= 0.6 is 0 Å². The molecule has 2 amide bonds. The van der Waals surface area contributed by atoms with Crippen molar-refractivity contribution in [3.05, 3.63) is 48.5 Å². The van der Waals surface area contributed by atoms with Gasteiger partial charge in [-0.1, -0.05) is 0 Å². The first-order valence-corrected chi connectivity index (χ1v) is 13.2. The molecule has 126 valence electrons. The normalized spacial score (nSPS) is 10.2. The molecule has 0 radical (unpaired) electrons. The monoisotopic (exact) mass is 458 g/mol. The number of hydrogen-bond donors (Lipinski definition) is 4. The molecule has 0 aliphatic heterocycles. The van der Waals surface area contributed by atoms with E-state index >= 15 is 0 Å². The number of nitrogens with two attached hydrogens (primary N) is 2. The second-order valence-electron chi connectivity index (χ2n) is 4.66. The number of anilines is 2. The van der Waals surface area contributed by atoms with Crippen LogP contribution in [0, 0.1) is 0 Å². The quantitative estimate of drug-likeness (QED) is 0.391. The summed E-state index contributed by atoms with van der Waals surface area (Å²) in [6.45, 7) is -0.0825. The van der Waals surface area contributed by atoms with Crippen LogP contribution in [0.4, 0.5) is 11.4 Å². The first-order chi connectivity index (χ1) is 11.6. The van der Waals surface area contributed by atoms with Crippen LogP contribution in [0.3, 0.4) is 0 Å². The number of carbonyl (C=O) groups is 2. The summed E-state index contributed by atoms with van der Waals surface area (Å²) in [4.78, 5) is 23.1. The summed E-state index contributed by atoms with van der Waals surface area (Å²) in [6, 6.07) is 15.4. The van der Waals surface area contributed by atoms with Crippen LogP contribution in [0.15, 0.2) is 48.5 Å². The zero-order chi connectivity index (χ0) is 17.4. The van der Waals surface area contributed by atoms with Gasteiger partial charge in [-0.15, -0.1) is 0 Å². The average molecular weight is 456 g/mol. The molecule has 24 heavy (non-hydrogen) atoms. The van der Waals surface area contributed by atoms with E-state index in [1.807, 2.05) is 48.5 Å². The molecule has 0 unspecified atom stereocenters. The van der Waals surface area contributed by atoms with Crippen molar-refractivity contribution < 1.29 is 9.59 Å². The van der Waals surface area contributed by atoms with Crippen molar-refractivity contribution in [2.45, 2.75) is 0 Å². The molecule has 0 aliphatic rings. The number of carbonyl (C=O) groups excluding carboxylic acids is 2. The zero-order valence-corrected chi connectivity index (χ0v) is 16.2. The van der Waals surface area contributed by atoms with Crippen LogP contribution in [0.5, 0.6) is 0 Å².